The van der Waals surface area contributed by atoms with E-state index in [2.05, 4.69) is 20.0 Å². The van der Waals surface area contributed by atoms with Crippen LogP contribution in [0.5, 0.6) is 11.5 Å². The Hall–Kier alpha value is -3.10. The summed E-state index contributed by atoms with van der Waals surface area (Å²) in [7, 11) is 0. The number of aliphatic carboxylic acids is 2. The first-order valence-corrected chi connectivity index (χ1v) is 13.2. The Balaban J connectivity index is -0.0000000612. The van der Waals surface area contributed by atoms with Gasteiger partial charge in [-0.2, -0.15) is 0 Å². The zero-order valence-electron chi connectivity index (χ0n) is 29.7. The predicted molar refractivity (Wildman–Crippen MR) is 185 cm³/mol. The minimum atomic E-state index is -1.37. The molecule has 22 N–H and O–H groups in total. The molecule has 2 radical (unpaired) electrons. The molecule has 0 bridgehead atoms. The van der Waals surface area contributed by atoms with Crippen molar-refractivity contribution < 1.29 is 145 Å². The first-order chi connectivity index (χ1) is 19.8. The number of nitrogens with zero attached hydrogens (tertiary/aromatic N) is 4. The van der Waals surface area contributed by atoms with Gasteiger partial charge in [0.25, 0.3) is 0 Å². The molecule has 53 heavy (non-hydrogen) atoms. The van der Waals surface area contributed by atoms with Crippen molar-refractivity contribution in [3.05, 3.63) is 59.7 Å². The molecule has 2 aromatic rings. The molecular weight excluding hydrogens is 912 g/mol. The molecule has 0 aliphatic carbocycles. The molecule has 0 spiro atoms. The van der Waals surface area contributed by atoms with Crippen LogP contribution >= 0.6 is 0 Å². The zero-order valence-corrected chi connectivity index (χ0v) is 35.7. The van der Waals surface area contributed by atoms with E-state index >= 15 is 0 Å². The van der Waals surface area contributed by atoms with Crippen LogP contribution in [0.25, 0.3) is 0 Å². The Labute approximate surface area is 348 Å². The number of benzene rings is 2. The number of hydrogen-bond donors (Lipinski definition) is 0. The summed E-state index contributed by atoms with van der Waals surface area (Å²) in [6.45, 7) is 6.74. The van der Waals surface area contributed by atoms with Crippen LogP contribution < -0.4 is 30.6 Å². The van der Waals surface area contributed by atoms with E-state index in [1.807, 2.05) is 27.7 Å². The van der Waals surface area contributed by atoms with E-state index < -0.39 is 35.8 Å². The largest absolute Gasteiger partial charge is 2.00 e. The maximum atomic E-state index is 11.6. The average Bonchev–Trinajstić information content (AvgIpc) is 2.90. The van der Waals surface area contributed by atoms with E-state index in [-0.39, 0.29) is 155 Å². The van der Waals surface area contributed by atoms with Gasteiger partial charge in [-0.25, -0.2) is 0 Å². The molecule has 0 unspecified atom stereocenters. The molecule has 20 nitrogen and oxygen atoms in total. The zero-order chi connectivity index (χ0) is 31.7. The fourth-order valence-electron chi connectivity index (χ4n) is 3.34. The van der Waals surface area contributed by atoms with Gasteiger partial charge in [0, 0.05) is 12.4 Å². The van der Waals surface area contributed by atoms with Crippen LogP contribution in [-0.4, -0.2) is 72.3 Å². The van der Waals surface area contributed by atoms with Gasteiger partial charge < -0.3 is 84.0 Å². The van der Waals surface area contributed by atoms with E-state index in [4.69, 9.17) is 0 Å². The van der Waals surface area contributed by atoms with Crippen molar-refractivity contribution in [1.29, 1.82) is 0 Å². The Morgan fingerprint density at radius 1 is 0.585 bits per heavy atom. The van der Waals surface area contributed by atoms with Gasteiger partial charge in [-0.05, 0) is 47.6 Å². The normalized spacial score (nSPS) is 10.9. The third kappa shape index (κ3) is 35.7. The summed E-state index contributed by atoms with van der Waals surface area (Å²) < 4.78 is 0. The van der Waals surface area contributed by atoms with Gasteiger partial charge in [0.2, 0.25) is 0 Å². The molecule has 0 aromatic heterocycles. The number of hydrogen-bond acceptors (Lipinski definition) is 12. The third-order valence-electron chi connectivity index (χ3n) is 5.29. The van der Waals surface area contributed by atoms with Crippen LogP contribution in [-0.2, 0) is 104 Å². The van der Waals surface area contributed by atoms with Crippen molar-refractivity contribution in [2.45, 2.75) is 52.6 Å². The molecule has 0 fully saturated rings. The van der Waals surface area contributed by atoms with Crippen molar-refractivity contribution in [2.24, 2.45) is 31.8 Å². The van der Waals surface area contributed by atoms with Crippen LogP contribution in [0.3, 0.4) is 0 Å². The summed E-state index contributed by atoms with van der Waals surface area (Å²) in [5.74, 6) is -4.26. The summed E-state index contributed by atoms with van der Waals surface area (Å²) in [5.41, 5.74) is 0.730. The second-order valence-corrected chi connectivity index (χ2v) is 9.99. The number of carboxylic acids is 2. The first-order valence-electron chi connectivity index (χ1n) is 13.2. The average molecular weight is 968 g/mol. The summed E-state index contributed by atoms with van der Waals surface area (Å²) in [6.07, 6.45) is 3.04. The fraction of sp³-hybridized carbons (Fsp3) is 0.400. The van der Waals surface area contributed by atoms with E-state index in [9.17, 15) is 40.2 Å². The fourth-order valence-corrected chi connectivity index (χ4v) is 3.34. The summed E-state index contributed by atoms with van der Waals surface area (Å²) in [4.78, 5) is 36.5. The molecule has 23 heteroatoms. The number of aliphatic imine (C=N–C) groups is 4. The van der Waals surface area contributed by atoms with E-state index in [1.165, 1.54) is 24.6 Å². The Morgan fingerprint density at radius 2 is 0.849 bits per heavy atom. The van der Waals surface area contributed by atoms with Crippen molar-refractivity contribution in [3.63, 3.8) is 0 Å². The quantitative estimate of drug-likeness (QED) is 0.0755. The molecule has 0 saturated heterocycles. The second kappa shape index (κ2) is 43.3. The maximum Gasteiger partial charge on any atom is 2.00 e. The number of rotatable bonds is 14. The Kier molecular flexibility index (Phi) is 64.4. The topological polar surface area (TPSA) is 483 Å². The van der Waals surface area contributed by atoms with E-state index in [0.29, 0.717) is 11.1 Å². The van der Waals surface area contributed by atoms with E-state index in [1.54, 1.807) is 36.4 Å². The van der Waals surface area contributed by atoms with Gasteiger partial charge in [-0.15, -0.1) is 11.5 Å². The maximum absolute atomic E-state index is 11.6. The summed E-state index contributed by atoms with van der Waals surface area (Å²) in [5, 5.41) is 67.7. The molecular formula is C30H56CdCu2N4O16+6. The SMILES string of the molecule is CC(C)C[C@H](N=C([O-])CN=Cc1ccccc1[O-])C(=O)[O-].CC(C)C[C@H](N=C([O-])CN=Cc1ccccc1[O-])C(=O)[O-].O.O.[Cd+2].[Cu+2].[Cu+2].[OH3+].[OH3+].[OH3+].[OH3+].[OH3+].[OH3+]. The number of para-hydroxylation sites is 2. The second-order valence-electron chi connectivity index (χ2n) is 9.99. The first kappa shape index (κ1) is 78.9. The molecule has 0 aliphatic rings. The molecule has 0 aliphatic heterocycles. The Morgan fingerprint density at radius 3 is 1.08 bits per heavy atom. The monoisotopic (exact) mass is 968 g/mol. The van der Waals surface area contributed by atoms with Gasteiger partial charge in [0.15, 0.2) is 0 Å². The minimum absolute atomic E-state index is 0. The molecule has 0 heterocycles. The minimum Gasteiger partial charge on any atom is -0.872 e. The number of carbonyl (C=O) groups is 2. The molecule has 2 aromatic carbocycles. The number of carbonyl (C=O) groups excluding carboxylic acids is 2. The number of carboxylic acid groups (broad SMARTS) is 2. The molecule has 0 saturated carbocycles. The predicted octanol–water partition coefficient (Wildman–Crippen LogP) is -8.98. The molecule has 2 rings (SSSR count). The summed E-state index contributed by atoms with van der Waals surface area (Å²) in [6, 6.07) is 10.2. The van der Waals surface area contributed by atoms with Crippen molar-refractivity contribution in [1.82, 2.24) is 0 Å². The van der Waals surface area contributed by atoms with Crippen LogP contribution in [0.1, 0.15) is 51.7 Å². The Bertz CT molecular complexity index is 1210. The van der Waals surface area contributed by atoms with Crippen LogP contribution in [0.4, 0.5) is 0 Å². The van der Waals surface area contributed by atoms with Crippen molar-refractivity contribution in [2.75, 3.05) is 13.1 Å². The van der Waals surface area contributed by atoms with Gasteiger partial charge in [-0.3, -0.25) is 20.0 Å². The molecule has 0 amide bonds. The van der Waals surface area contributed by atoms with Crippen LogP contribution in [0.2, 0.25) is 0 Å². The van der Waals surface area contributed by atoms with Crippen LogP contribution in [0, 0.1) is 11.8 Å². The van der Waals surface area contributed by atoms with Gasteiger partial charge in [0.1, 0.15) is 0 Å². The summed E-state index contributed by atoms with van der Waals surface area (Å²) >= 11 is 0. The van der Waals surface area contributed by atoms with Crippen molar-refractivity contribution >= 4 is 36.2 Å². The van der Waals surface area contributed by atoms with Gasteiger partial charge >= 0.3 is 61.4 Å². The van der Waals surface area contributed by atoms with E-state index in [0.717, 1.165) is 0 Å². The van der Waals surface area contributed by atoms with Gasteiger partial charge in [-0.1, -0.05) is 76.2 Å². The smallest absolute Gasteiger partial charge is 0.872 e. The molecule has 2 atom stereocenters. The van der Waals surface area contributed by atoms with Gasteiger partial charge in [0.05, 0.1) is 37.1 Å². The van der Waals surface area contributed by atoms with Crippen molar-refractivity contribution in [3.8, 4) is 11.5 Å². The molecule has 310 valence electrons. The van der Waals surface area contributed by atoms with Crippen LogP contribution in [0.15, 0.2) is 68.5 Å². The third-order valence-corrected chi connectivity index (χ3v) is 5.29. The standard InChI is InChI=1S/2C15H20N2O4.Cd.2Cu.8H2O/c2*1-10(2)7-12(15(20)21)17-14(19)9-16-8-11-5-3-4-6-13(11)18;;;;;;;;;;;/h2*3-6,8,10,12,18H,7,9H2,1-2H3,(H,17,19)(H,20,21);;;;8*1H2/q;;3*+2;;;;;;;;/t2*12-;;;;;;;;;;;/m00.........../s1.